The number of rotatable bonds is 10. The first-order chi connectivity index (χ1) is 9.72. The largest absolute Gasteiger partial charge is 0.508 e. The summed E-state index contributed by atoms with van der Waals surface area (Å²) >= 11 is 0. The highest BCUT2D eigenvalue weighted by Crippen LogP contribution is 2.31. The van der Waals surface area contributed by atoms with Crippen molar-refractivity contribution >= 4 is 0 Å². The zero-order valence-corrected chi connectivity index (χ0v) is 13.6. The summed E-state index contributed by atoms with van der Waals surface area (Å²) in [7, 11) is 0. The maximum Gasteiger partial charge on any atom is 0.118 e. The Hall–Kier alpha value is -0.980. The van der Waals surface area contributed by atoms with Gasteiger partial charge in [0.2, 0.25) is 0 Å². The lowest BCUT2D eigenvalue weighted by molar-refractivity contribution is 0.465. The first-order valence-electron chi connectivity index (χ1n) is 8.54. The third kappa shape index (κ3) is 5.56. The number of phenolic OH excluding ortho intramolecular Hbond substituents is 1. The fourth-order valence-electron chi connectivity index (χ4n) is 2.90. The van der Waals surface area contributed by atoms with Crippen molar-refractivity contribution in [3.63, 3.8) is 0 Å². The number of benzene rings is 1. The predicted molar refractivity (Wildman–Crippen MR) is 88.5 cm³/mol. The molecule has 1 atom stereocenters. The highest BCUT2D eigenvalue weighted by Gasteiger charge is 2.12. The molecule has 0 saturated heterocycles. The van der Waals surface area contributed by atoms with E-state index in [1.165, 1.54) is 56.9 Å². The second kappa shape index (κ2) is 9.85. The van der Waals surface area contributed by atoms with E-state index in [2.05, 4.69) is 32.9 Å². The molecule has 0 heterocycles. The third-order valence-electron chi connectivity index (χ3n) is 4.17. The van der Waals surface area contributed by atoms with E-state index in [0.717, 1.165) is 12.0 Å². The summed E-state index contributed by atoms with van der Waals surface area (Å²) in [4.78, 5) is 0. The number of phenols is 1. The Labute approximate surface area is 125 Å². The first kappa shape index (κ1) is 17.1. The van der Waals surface area contributed by atoms with E-state index in [1.54, 1.807) is 0 Å². The van der Waals surface area contributed by atoms with E-state index in [1.807, 2.05) is 6.07 Å². The van der Waals surface area contributed by atoms with Gasteiger partial charge in [0.25, 0.3) is 0 Å². The Morgan fingerprint density at radius 3 is 2.30 bits per heavy atom. The Morgan fingerprint density at radius 2 is 1.65 bits per heavy atom. The summed E-state index contributed by atoms with van der Waals surface area (Å²) in [6.45, 7) is 6.75. The number of aryl methyl sites for hydroxylation is 1. The zero-order valence-electron chi connectivity index (χ0n) is 13.6. The van der Waals surface area contributed by atoms with Gasteiger partial charge in [0, 0.05) is 0 Å². The van der Waals surface area contributed by atoms with E-state index < -0.39 is 0 Å². The van der Waals surface area contributed by atoms with Crippen LogP contribution in [0.15, 0.2) is 18.2 Å². The van der Waals surface area contributed by atoms with Crippen molar-refractivity contribution in [2.45, 2.75) is 84.5 Å². The molecule has 1 aromatic rings. The lowest BCUT2D eigenvalue weighted by Gasteiger charge is -2.18. The summed E-state index contributed by atoms with van der Waals surface area (Å²) in [5.41, 5.74) is 2.58. The van der Waals surface area contributed by atoms with Crippen LogP contribution in [-0.2, 0) is 6.42 Å². The molecule has 0 aliphatic heterocycles. The molecule has 114 valence electrons. The van der Waals surface area contributed by atoms with Gasteiger partial charge < -0.3 is 5.11 Å². The minimum atomic E-state index is 0.482. The van der Waals surface area contributed by atoms with Gasteiger partial charge in [0.1, 0.15) is 5.75 Å². The first-order valence-corrected chi connectivity index (χ1v) is 8.54. The molecule has 1 rings (SSSR count). The molecule has 0 aliphatic rings. The van der Waals surface area contributed by atoms with Gasteiger partial charge in [0.15, 0.2) is 0 Å². The molecule has 0 amide bonds. The molecule has 0 radical (unpaired) electrons. The van der Waals surface area contributed by atoms with Gasteiger partial charge in [-0.1, -0.05) is 65.0 Å². The van der Waals surface area contributed by atoms with Crippen LogP contribution in [0, 0.1) is 0 Å². The van der Waals surface area contributed by atoms with Crippen LogP contribution in [0.3, 0.4) is 0 Å². The summed E-state index contributed by atoms with van der Waals surface area (Å²) in [5, 5.41) is 10.0. The second-order valence-corrected chi connectivity index (χ2v) is 5.97. The molecule has 20 heavy (non-hydrogen) atoms. The van der Waals surface area contributed by atoms with E-state index in [9.17, 15) is 5.11 Å². The monoisotopic (exact) mass is 276 g/mol. The van der Waals surface area contributed by atoms with Crippen LogP contribution in [0.5, 0.6) is 5.75 Å². The summed E-state index contributed by atoms with van der Waals surface area (Å²) in [6, 6.07) is 6.31. The van der Waals surface area contributed by atoms with Crippen LogP contribution in [0.1, 0.15) is 89.2 Å². The van der Waals surface area contributed by atoms with Gasteiger partial charge in [-0.2, -0.15) is 0 Å². The van der Waals surface area contributed by atoms with Crippen LogP contribution in [0.25, 0.3) is 0 Å². The van der Waals surface area contributed by atoms with Crippen molar-refractivity contribution in [3.8, 4) is 5.75 Å². The van der Waals surface area contributed by atoms with E-state index in [-0.39, 0.29) is 0 Å². The van der Waals surface area contributed by atoms with Gasteiger partial charge in [-0.05, 0) is 48.8 Å². The van der Waals surface area contributed by atoms with Gasteiger partial charge in [-0.25, -0.2) is 0 Å². The van der Waals surface area contributed by atoms with Crippen molar-refractivity contribution in [1.29, 1.82) is 0 Å². The van der Waals surface area contributed by atoms with E-state index in [0.29, 0.717) is 11.7 Å². The number of hydrogen-bond donors (Lipinski definition) is 1. The van der Waals surface area contributed by atoms with Gasteiger partial charge in [-0.3, -0.25) is 0 Å². The fraction of sp³-hybridized carbons (Fsp3) is 0.684. The maximum atomic E-state index is 10.0. The normalized spacial score (nSPS) is 12.6. The Kier molecular flexibility index (Phi) is 8.41. The second-order valence-electron chi connectivity index (χ2n) is 5.97. The van der Waals surface area contributed by atoms with Crippen molar-refractivity contribution < 1.29 is 5.11 Å². The molecule has 0 aliphatic carbocycles. The van der Waals surface area contributed by atoms with Crippen LogP contribution in [-0.4, -0.2) is 5.11 Å². The molecule has 1 nitrogen and oxygen atoms in total. The summed E-state index contributed by atoms with van der Waals surface area (Å²) in [5.74, 6) is 1.15. The van der Waals surface area contributed by atoms with E-state index >= 15 is 0 Å². The smallest absolute Gasteiger partial charge is 0.118 e. The lowest BCUT2D eigenvalue weighted by Crippen LogP contribution is -2.00. The maximum absolute atomic E-state index is 10.0. The average molecular weight is 276 g/mol. The van der Waals surface area contributed by atoms with Crippen molar-refractivity contribution in [1.82, 2.24) is 0 Å². The molecule has 0 aromatic heterocycles. The third-order valence-corrected chi connectivity index (χ3v) is 4.17. The van der Waals surface area contributed by atoms with Gasteiger partial charge >= 0.3 is 0 Å². The molecule has 0 saturated carbocycles. The van der Waals surface area contributed by atoms with Crippen LogP contribution >= 0.6 is 0 Å². The molecule has 1 N–H and O–H groups in total. The highest BCUT2D eigenvalue weighted by molar-refractivity contribution is 5.37. The van der Waals surface area contributed by atoms with Crippen LogP contribution in [0.2, 0.25) is 0 Å². The summed E-state index contributed by atoms with van der Waals surface area (Å²) < 4.78 is 0. The SMILES string of the molecule is CCCCCc1cc(C(CCC)CCCC)ccc1O. The summed E-state index contributed by atoms with van der Waals surface area (Å²) in [6.07, 6.45) is 11.0. The quantitative estimate of drug-likeness (QED) is 0.504. The van der Waals surface area contributed by atoms with Gasteiger partial charge in [-0.15, -0.1) is 0 Å². The molecule has 1 aromatic carbocycles. The molecule has 1 heteroatoms. The minimum absolute atomic E-state index is 0.482. The molecule has 1 unspecified atom stereocenters. The molecule has 0 spiro atoms. The number of unbranched alkanes of at least 4 members (excludes halogenated alkanes) is 3. The average Bonchev–Trinajstić information content (AvgIpc) is 2.46. The Morgan fingerprint density at radius 1 is 0.900 bits per heavy atom. The Bertz CT molecular complexity index is 370. The standard InChI is InChI=1S/C19H32O/c1-4-7-9-12-18-15-17(13-14-19(18)20)16(10-6-3)11-8-5-2/h13-16,20H,4-12H2,1-3H3. The van der Waals surface area contributed by atoms with Crippen LogP contribution < -0.4 is 0 Å². The molecule has 0 bridgehead atoms. The predicted octanol–water partition coefficient (Wildman–Crippen LogP) is 6.20. The Balaban J connectivity index is 2.78. The van der Waals surface area contributed by atoms with Crippen molar-refractivity contribution in [2.24, 2.45) is 0 Å². The molecule has 0 fully saturated rings. The molecular weight excluding hydrogens is 244 g/mol. The number of hydrogen-bond acceptors (Lipinski definition) is 1. The topological polar surface area (TPSA) is 20.2 Å². The van der Waals surface area contributed by atoms with Crippen molar-refractivity contribution in [3.05, 3.63) is 29.3 Å². The zero-order chi connectivity index (χ0) is 14.8. The lowest BCUT2D eigenvalue weighted by atomic mass is 9.88. The molecular formula is C19H32O. The van der Waals surface area contributed by atoms with Crippen LogP contribution in [0.4, 0.5) is 0 Å². The van der Waals surface area contributed by atoms with Crippen molar-refractivity contribution in [2.75, 3.05) is 0 Å². The van der Waals surface area contributed by atoms with E-state index in [4.69, 9.17) is 0 Å². The fourth-order valence-corrected chi connectivity index (χ4v) is 2.90. The van der Waals surface area contributed by atoms with Gasteiger partial charge in [0.05, 0.1) is 0 Å². The highest BCUT2D eigenvalue weighted by atomic mass is 16.3. The minimum Gasteiger partial charge on any atom is -0.508 e. The number of aromatic hydroxyl groups is 1.